The van der Waals surface area contributed by atoms with Gasteiger partial charge in [0.15, 0.2) is 0 Å². The number of amides is 1. The minimum Gasteiger partial charge on any atom is -0.396 e. The molecule has 1 aromatic heterocycles. The smallest absolute Gasteiger partial charge is 0.258 e. The largest absolute Gasteiger partial charge is 0.396 e. The minimum absolute atomic E-state index is 0.0104. The minimum atomic E-state index is -0.435. The van der Waals surface area contributed by atoms with Crippen LogP contribution in [0.4, 0.5) is 0 Å². The monoisotopic (exact) mass is 407 g/mol. The Morgan fingerprint density at radius 1 is 1.27 bits per heavy atom. The number of fused-ring (bicyclic) bond motifs is 3. The maximum atomic E-state index is 13.2. The summed E-state index contributed by atoms with van der Waals surface area (Å²) in [7, 11) is 1.92. The molecule has 4 rings (SSSR count). The average molecular weight is 408 g/mol. The summed E-state index contributed by atoms with van der Waals surface area (Å²) in [4.78, 5) is 28.1. The van der Waals surface area contributed by atoms with Crippen molar-refractivity contribution in [2.45, 2.75) is 38.5 Å². The molecule has 0 aliphatic carbocycles. The summed E-state index contributed by atoms with van der Waals surface area (Å²) in [6.45, 7) is 4.29. The average Bonchev–Trinajstić information content (AvgIpc) is 3.26. The van der Waals surface area contributed by atoms with Crippen LogP contribution in [-0.2, 0) is 11.3 Å². The summed E-state index contributed by atoms with van der Waals surface area (Å²) in [6.07, 6.45) is 3.68. The third-order valence-corrected chi connectivity index (χ3v) is 6.66. The maximum absolute atomic E-state index is 13.2. The number of likely N-dealkylation sites (tertiary alicyclic amines) is 1. The summed E-state index contributed by atoms with van der Waals surface area (Å²) in [5.74, 6) is -0.287. The summed E-state index contributed by atoms with van der Waals surface area (Å²) in [5.41, 5.74) is 2.62. The molecule has 6 heteroatoms. The molecule has 1 saturated heterocycles. The van der Waals surface area contributed by atoms with E-state index in [0.29, 0.717) is 12.1 Å². The van der Waals surface area contributed by atoms with E-state index in [9.17, 15) is 14.7 Å². The van der Waals surface area contributed by atoms with Gasteiger partial charge in [-0.15, -0.1) is 0 Å². The number of carbonyl (C=O) groups is 1. The maximum Gasteiger partial charge on any atom is 0.258 e. The van der Waals surface area contributed by atoms with Gasteiger partial charge in [0.1, 0.15) is 0 Å². The Hall–Kier alpha value is -2.70. The van der Waals surface area contributed by atoms with Gasteiger partial charge in [-0.2, -0.15) is 0 Å². The molecule has 6 nitrogen and oxygen atoms in total. The number of aliphatic hydroxyl groups excluding tert-OH is 1. The van der Waals surface area contributed by atoms with E-state index in [1.165, 1.54) is 0 Å². The Kier molecular flexibility index (Phi) is 5.62. The summed E-state index contributed by atoms with van der Waals surface area (Å²) in [5, 5.41) is 13.3. The third kappa shape index (κ3) is 3.30. The highest BCUT2D eigenvalue weighted by molar-refractivity contribution is 5.83. The van der Waals surface area contributed by atoms with Crippen LogP contribution in [0.1, 0.15) is 42.8 Å². The summed E-state index contributed by atoms with van der Waals surface area (Å²) in [6, 6.07) is 13.1. The number of nitrogens with one attached hydrogen (secondary N) is 1. The van der Waals surface area contributed by atoms with Crippen LogP contribution in [0.15, 0.2) is 53.3 Å². The van der Waals surface area contributed by atoms with Gasteiger partial charge in [-0.25, -0.2) is 0 Å². The van der Waals surface area contributed by atoms with E-state index in [2.05, 4.69) is 5.32 Å². The molecule has 2 aromatic rings. The number of hydrogen-bond donors (Lipinski definition) is 2. The lowest BCUT2D eigenvalue weighted by atomic mass is 9.88. The first-order valence-electron chi connectivity index (χ1n) is 10.5. The molecule has 2 N–H and O–H groups in total. The van der Waals surface area contributed by atoms with Crippen molar-refractivity contribution in [3.63, 3.8) is 0 Å². The number of carbonyl (C=O) groups excluding carboxylic acids is 1. The van der Waals surface area contributed by atoms with Crippen molar-refractivity contribution >= 4 is 12.0 Å². The normalized spacial score (nSPS) is 26.5. The van der Waals surface area contributed by atoms with E-state index >= 15 is 0 Å². The number of allylic oxidation sites excluding steroid dienone is 1. The number of nitrogens with zero attached hydrogens (tertiary/aromatic N) is 2. The van der Waals surface area contributed by atoms with Crippen LogP contribution in [-0.4, -0.2) is 40.2 Å². The number of likely N-dealkylation sites (N-methyl/N-ethyl adjacent to an activating group) is 1. The molecule has 0 unspecified atom stereocenters. The standard InChI is InChI=1S/C24H29N3O3/c1-4-8-17-11-12-20-21-18(13-27(20)24(17)30)19(14-28)22(26(21)3)23(29)25-15(2)16-9-6-5-7-10-16/h4-12,15,18-19,21-22,28H,13-14H2,1-3H3,(H,25,29)/b8-4-/t15-,18-,19-,21+,22-/m1/s1. The van der Waals surface area contributed by atoms with Gasteiger partial charge in [0.05, 0.1) is 18.1 Å². The molecule has 3 heterocycles. The lowest BCUT2D eigenvalue weighted by Crippen LogP contribution is -2.47. The Morgan fingerprint density at radius 2 is 2.00 bits per heavy atom. The van der Waals surface area contributed by atoms with Gasteiger partial charge in [-0.3, -0.25) is 14.5 Å². The fourth-order valence-electron chi connectivity index (χ4n) is 5.22. The number of pyridine rings is 1. The Morgan fingerprint density at radius 3 is 2.67 bits per heavy atom. The van der Waals surface area contributed by atoms with Crippen molar-refractivity contribution in [2.24, 2.45) is 11.8 Å². The third-order valence-electron chi connectivity index (χ3n) is 6.66. The highest BCUT2D eigenvalue weighted by atomic mass is 16.3. The quantitative estimate of drug-likeness (QED) is 0.798. The van der Waals surface area contributed by atoms with Crippen molar-refractivity contribution < 1.29 is 9.90 Å². The van der Waals surface area contributed by atoms with Crippen molar-refractivity contribution in [2.75, 3.05) is 13.7 Å². The van der Waals surface area contributed by atoms with E-state index in [4.69, 9.17) is 0 Å². The number of rotatable bonds is 5. The van der Waals surface area contributed by atoms with Crippen LogP contribution in [0.2, 0.25) is 0 Å². The molecule has 1 amide bonds. The molecule has 1 fully saturated rings. The van der Waals surface area contributed by atoms with Gasteiger partial charge >= 0.3 is 0 Å². The van der Waals surface area contributed by atoms with E-state index in [1.807, 2.05) is 85.0 Å². The first-order chi connectivity index (χ1) is 14.5. The molecule has 30 heavy (non-hydrogen) atoms. The molecule has 2 aliphatic heterocycles. The highest BCUT2D eigenvalue weighted by Gasteiger charge is 2.54. The molecule has 1 aromatic carbocycles. The van der Waals surface area contributed by atoms with Crippen LogP contribution in [0.25, 0.3) is 6.08 Å². The van der Waals surface area contributed by atoms with Gasteiger partial charge in [0.2, 0.25) is 5.91 Å². The van der Waals surface area contributed by atoms with Gasteiger partial charge in [-0.1, -0.05) is 42.5 Å². The second kappa shape index (κ2) is 8.20. The van der Waals surface area contributed by atoms with Crippen LogP contribution >= 0.6 is 0 Å². The molecule has 0 bridgehead atoms. The van der Waals surface area contributed by atoms with E-state index < -0.39 is 6.04 Å². The zero-order chi connectivity index (χ0) is 21.4. The van der Waals surface area contributed by atoms with Gasteiger partial charge in [0, 0.05) is 36.2 Å². The molecule has 0 spiro atoms. The topological polar surface area (TPSA) is 74.6 Å². The molecule has 0 saturated carbocycles. The van der Waals surface area contributed by atoms with Crippen LogP contribution in [0.3, 0.4) is 0 Å². The molecule has 2 aliphatic rings. The van der Waals surface area contributed by atoms with Gasteiger partial charge in [0.25, 0.3) is 5.56 Å². The van der Waals surface area contributed by atoms with E-state index in [1.54, 1.807) is 0 Å². The van der Waals surface area contributed by atoms with Crippen molar-refractivity contribution in [1.82, 2.24) is 14.8 Å². The second-order valence-electron chi connectivity index (χ2n) is 8.34. The van der Waals surface area contributed by atoms with E-state index in [-0.39, 0.29) is 42.0 Å². The SMILES string of the molecule is C/C=C\c1ccc2n(c1=O)C[C@@H]1[C@@H](CO)[C@H](C(=O)N[C@H](C)c3ccccc3)N(C)[C@H]21. The van der Waals surface area contributed by atoms with Gasteiger partial charge in [-0.05, 0) is 38.6 Å². The zero-order valence-electron chi connectivity index (χ0n) is 17.7. The van der Waals surface area contributed by atoms with Crippen LogP contribution < -0.4 is 10.9 Å². The van der Waals surface area contributed by atoms with Crippen molar-refractivity contribution in [3.8, 4) is 0 Å². The number of hydrogen-bond acceptors (Lipinski definition) is 4. The fourth-order valence-corrected chi connectivity index (χ4v) is 5.22. The lowest BCUT2D eigenvalue weighted by Gasteiger charge is -2.28. The van der Waals surface area contributed by atoms with Crippen molar-refractivity contribution in [3.05, 3.63) is 75.7 Å². The first kappa shape index (κ1) is 20.6. The first-order valence-corrected chi connectivity index (χ1v) is 10.5. The van der Waals surface area contributed by atoms with Crippen LogP contribution in [0.5, 0.6) is 0 Å². The molecule has 5 atom stereocenters. The molecular formula is C24H29N3O3. The lowest BCUT2D eigenvalue weighted by molar-refractivity contribution is -0.127. The number of aromatic nitrogens is 1. The zero-order valence-corrected chi connectivity index (χ0v) is 17.7. The summed E-state index contributed by atoms with van der Waals surface area (Å²) >= 11 is 0. The predicted octanol–water partition coefficient (Wildman–Crippen LogP) is 2.35. The number of aliphatic hydroxyl groups is 1. The molecule has 158 valence electrons. The summed E-state index contributed by atoms with van der Waals surface area (Å²) < 4.78 is 1.81. The Balaban J connectivity index is 1.60. The fraction of sp³-hybridized carbons (Fsp3) is 0.417. The van der Waals surface area contributed by atoms with Gasteiger partial charge < -0.3 is 15.0 Å². The molecule has 0 radical (unpaired) electrons. The highest BCUT2D eigenvalue weighted by Crippen LogP contribution is 2.48. The Bertz CT molecular complexity index is 1010. The number of benzene rings is 1. The Labute approximate surface area is 176 Å². The second-order valence-corrected chi connectivity index (χ2v) is 8.34. The molecular weight excluding hydrogens is 378 g/mol. The van der Waals surface area contributed by atoms with E-state index in [0.717, 1.165) is 11.3 Å². The van der Waals surface area contributed by atoms with Crippen LogP contribution in [0, 0.1) is 11.8 Å². The van der Waals surface area contributed by atoms with Crippen molar-refractivity contribution in [1.29, 1.82) is 0 Å². The predicted molar refractivity (Wildman–Crippen MR) is 117 cm³/mol.